The predicted octanol–water partition coefficient (Wildman–Crippen LogP) is 6.53. The molecule has 180 valence electrons. The van der Waals surface area contributed by atoms with Gasteiger partial charge < -0.3 is 5.32 Å². The van der Waals surface area contributed by atoms with Crippen molar-refractivity contribution in [2.75, 3.05) is 5.32 Å². The minimum absolute atomic E-state index is 0.683. The van der Waals surface area contributed by atoms with Gasteiger partial charge in [0.1, 0.15) is 12.2 Å². The van der Waals surface area contributed by atoms with Gasteiger partial charge in [0, 0.05) is 64.8 Å². The molecule has 36 heavy (non-hydrogen) atoms. The van der Waals surface area contributed by atoms with Gasteiger partial charge in [-0.25, -0.2) is 19.6 Å². The monoisotopic (exact) mass is 495 g/mol. The highest BCUT2D eigenvalue weighted by Crippen LogP contribution is 2.30. The van der Waals surface area contributed by atoms with Crippen LogP contribution in [0, 0.1) is 0 Å². The van der Waals surface area contributed by atoms with E-state index in [2.05, 4.69) is 51.4 Å². The zero-order chi connectivity index (χ0) is 24.9. The molecule has 1 N–H and O–H groups in total. The van der Waals surface area contributed by atoms with Crippen LogP contribution in [0.2, 0.25) is 5.02 Å². The third-order valence-corrected chi connectivity index (χ3v) is 6.39. The lowest BCUT2D eigenvalue weighted by molar-refractivity contribution is 0.883. The Kier molecular flexibility index (Phi) is 7.00. The van der Waals surface area contributed by atoms with Gasteiger partial charge in [-0.2, -0.15) is 5.10 Å². The summed E-state index contributed by atoms with van der Waals surface area (Å²) < 4.78 is 1.81. The summed E-state index contributed by atoms with van der Waals surface area (Å²) in [5, 5.41) is 8.92. The minimum Gasteiger partial charge on any atom is -0.344 e. The van der Waals surface area contributed by atoms with E-state index in [9.17, 15) is 0 Å². The first-order valence-electron chi connectivity index (χ1n) is 11.9. The molecule has 5 rings (SSSR count). The van der Waals surface area contributed by atoms with Crippen LogP contribution in [-0.2, 0) is 6.42 Å². The zero-order valence-electron chi connectivity index (χ0n) is 20.2. The highest BCUT2D eigenvalue weighted by atomic mass is 35.5. The lowest BCUT2D eigenvalue weighted by Gasteiger charge is -2.18. The Hall–Kier alpha value is -4.10. The number of anilines is 1. The molecule has 0 saturated heterocycles. The number of aromatic nitrogens is 5. The number of aliphatic imine (C=N–C) groups is 1. The first-order valence-corrected chi connectivity index (χ1v) is 12.2. The van der Waals surface area contributed by atoms with Crippen molar-refractivity contribution in [2.24, 2.45) is 4.99 Å². The second-order valence-corrected chi connectivity index (χ2v) is 9.02. The first kappa shape index (κ1) is 23.6. The fourth-order valence-electron chi connectivity index (χ4n) is 4.07. The van der Waals surface area contributed by atoms with Crippen LogP contribution < -0.4 is 5.32 Å². The number of amidine groups is 1. The molecule has 0 spiro atoms. The third-order valence-electron chi connectivity index (χ3n) is 6.04. The van der Waals surface area contributed by atoms with E-state index in [4.69, 9.17) is 16.6 Å². The maximum absolute atomic E-state index is 6.49. The molecule has 7 nitrogen and oxygen atoms in total. The summed E-state index contributed by atoms with van der Waals surface area (Å²) in [6, 6.07) is 9.97. The maximum Gasteiger partial charge on any atom is 0.163 e. The van der Waals surface area contributed by atoms with E-state index in [1.54, 1.807) is 24.8 Å². The Morgan fingerprint density at radius 3 is 2.50 bits per heavy atom. The Morgan fingerprint density at radius 2 is 1.75 bits per heavy atom. The molecule has 0 fully saturated rings. The van der Waals surface area contributed by atoms with Crippen molar-refractivity contribution in [1.29, 1.82) is 0 Å². The van der Waals surface area contributed by atoms with Gasteiger partial charge in [0.05, 0.1) is 6.20 Å². The fourth-order valence-corrected chi connectivity index (χ4v) is 4.38. The van der Waals surface area contributed by atoms with Gasteiger partial charge in [-0.05, 0) is 55.2 Å². The maximum atomic E-state index is 6.49. The van der Waals surface area contributed by atoms with Gasteiger partial charge in [0.15, 0.2) is 5.82 Å². The molecule has 0 atom stereocenters. The second-order valence-electron chi connectivity index (χ2n) is 8.61. The lowest BCUT2D eigenvalue weighted by atomic mass is 10.0. The van der Waals surface area contributed by atoms with Crippen molar-refractivity contribution in [3.8, 4) is 11.1 Å². The van der Waals surface area contributed by atoms with E-state index in [0.717, 1.165) is 63.6 Å². The molecule has 0 unspecified atom stereocenters. The third kappa shape index (κ3) is 5.26. The Bertz CT molecular complexity index is 1450. The molecule has 8 heteroatoms. The van der Waals surface area contributed by atoms with Crippen molar-refractivity contribution in [3.63, 3.8) is 0 Å². The van der Waals surface area contributed by atoms with Crippen molar-refractivity contribution < 1.29 is 0 Å². The van der Waals surface area contributed by atoms with Gasteiger partial charge in [-0.15, -0.1) is 0 Å². The van der Waals surface area contributed by atoms with E-state index < -0.39 is 0 Å². The fraction of sp³-hybridized carbons (Fsp3) is 0.179. The number of allylic oxidation sites excluding steroid dienone is 3. The minimum atomic E-state index is 0.683. The summed E-state index contributed by atoms with van der Waals surface area (Å²) in [6.07, 6.45) is 17.1. The number of nitrogens with zero attached hydrogens (tertiary/aromatic N) is 6. The largest absolute Gasteiger partial charge is 0.344 e. The topological polar surface area (TPSA) is 80.9 Å². The van der Waals surface area contributed by atoms with Crippen LogP contribution in [0.5, 0.6) is 0 Å². The van der Waals surface area contributed by atoms with E-state index in [-0.39, 0.29) is 0 Å². The molecular weight excluding hydrogens is 470 g/mol. The summed E-state index contributed by atoms with van der Waals surface area (Å²) in [7, 11) is 0. The highest BCUT2D eigenvalue weighted by molar-refractivity contribution is 6.31. The lowest BCUT2D eigenvalue weighted by Crippen LogP contribution is -2.15. The van der Waals surface area contributed by atoms with Crippen LogP contribution in [0.4, 0.5) is 5.69 Å². The Balaban J connectivity index is 1.63. The van der Waals surface area contributed by atoms with Gasteiger partial charge in [0.2, 0.25) is 0 Å². The number of pyridine rings is 1. The number of rotatable bonds is 5. The van der Waals surface area contributed by atoms with Crippen LogP contribution >= 0.6 is 11.6 Å². The number of hydrogen-bond acceptors (Lipinski definition) is 6. The molecule has 1 aromatic carbocycles. The number of aryl methyl sites for hydroxylation is 1. The molecule has 0 amide bonds. The number of halogens is 1. The summed E-state index contributed by atoms with van der Waals surface area (Å²) in [5.41, 5.74) is 7.02. The van der Waals surface area contributed by atoms with Crippen molar-refractivity contribution in [1.82, 2.24) is 24.7 Å². The SMILES string of the molecule is CCc1ccc(NC2=NC(n3cc(-c4ccncc4)cn3)=C(c3cncnc3)C=C(C)CC2)cc1Cl. The van der Waals surface area contributed by atoms with Crippen LogP contribution in [-0.4, -0.2) is 30.6 Å². The summed E-state index contributed by atoms with van der Waals surface area (Å²) >= 11 is 6.49. The smallest absolute Gasteiger partial charge is 0.163 e. The van der Waals surface area contributed by atoms with Crippen LogP contribution in [0.15, 0.2) is 90.5 Å². The molecule has 0 aliphatic carbocycles. The van der Waals surface area contributed by atoms with Crippen molar-refractivity contribution >= 4 is 34.5 Å². The molecule has 3 aromatic heterocycles. The molecule has 0 radical (unpaired) electrons. The predicted molar refractivity (Wildman–Crippen MR) is 145 cm³/mol. The highest BCUT2D eigenvalue weighted by Gasteiger charge is 2.17. The van der Waals surface area contributed by atoms with Crippen molar-refractivity contribution in [3.05, 3.63) is 102 Å². The second kappa shape index (κ2) is 10.7. The standard InChI is InChI=1S/C28H26ClN7/c1-3-20-5-6-24(13-26(20)29)34-27-7-4-19(2)12-25(22-14-31-18-32-15-22)28(35-27)36-17-23(16-33-36)21-8-10-30-11-9-21/h5-6,8-18H,3-4,7H2,1-2H3,(H,34,35). The number of benzene rings is 1. The van der Waals surface area contributed by atoms with Gasteiger partial charge in [0.25, 0.3) is 0 Å². The quantitative estimate of drug-likeness (QED) is 0.340. The molecule has 0 bridgehead atoms. The zero-order valence-corrected chi connectivity index (χ0v) is 20.9. The van der Waals surface area contributed by atoms with Gasteiger partial charge in [-0.3, -0.25) is 4.98 Å². The molecule has 1 aliphatic rings. The van der Waals surface area contributed by atoms with E-state index in [1.165, 1.54) is 11.9 Å². The van der Waals surface area contributed by atoms with Gasteiger partial charge >= 0.3 is 0 Å². The first-order chi connectivity index (χ1) is 17.6. The Morgan fingerprint density at radius 1 is 0.944 bits per heavy atom. The van der Waals surface area contributed by atoms with Crippen LogP contribution in [0.3, 0.4) is 0 Å². The number of nitrogens with one attached hydrogen (secondary N) is 1. The van der Waals surface area contributed by atoms with Gasteiger partial charge in [-0.1, -0.05) is 36.2 Å². The summed E-state index contributed by atoms with van der Waals surface area (Å²) in [6.45, 7) is 4.22. The number of hydrogen-bond donors (Lipinski definition) is 1. The Labute approximate surface area is 215 Å². The summed E-state index contributed by atoms with van der Waals surface area (Å²) in [5.74, 6) is 1.51. The molecule has 4 heterocycles. The average Bonchev–Trinajstić information content (AvgIpc) is 3.39. The van der Waals surface area contributed by atoms with Crippen LogP contribution in [0.25, 0.3) is 22.5 Å². The molecular formula is C28H26ClN7. The molecule has 4 aromatic rings. The molecule has 0 saturated carbocycles. The van der Waals surface area contributed by atoms with E-state index in [1.807, 2.05) is 41.3 Å². The normalized spacial score (nSPS) is 14.1. The summed E-state index contributed by atoms with van der Waals surface area (Å²) in [4.78, 5) is 17.7. The average molecular weight is 496 g/mol. The van der Waals surface area contributed by atoms with Crippen LogP contribution in [0.1, 0.15) is 37.8 Å². The van der Waals surface area contributed by atoms with E-state index >= 15 is 0 Å². The van der Waals surface area contributed by atoms with Crippen molar-refractivity contribution in [2.45, 2.75) is 33.1 Å². The van der Waals surface area contributed by atoms with E-state index in [0.29, 0.717) is 5.82 Å². The molecule has 1 aliphatic heterocycles.